The van der Waals surface area contributed by atoms with Crippen molar-refractivity contribution in [2.75, 3.05) is 14.2 Å². The minimum absolute atomic E-state index is 0.138. The largest absolute Gasteiger partial charge is 0.875 e. The third kappa shape index (κ3) is 3.07. The molecule has 23 heavy (non-hydrogen) atoms. The lowest BCUT2D eigenvalue weighted by atomic mass is 9.66. The van der Waals surface area contributed by atoms with Gasteiger partial charge in [-0.15, -0.1) is 5.76 Å². The molecule has 2 rings (SSSR count). The second kappa shape index (κ2) is 6.42. The Labute approximate surface area is 134 Å². The van der Waals surface area contributed by atoms with Gasteiger partial charge in [0.1, 0.15) is 0 Å². The first-order valence-electron chi connectivity index (χ1n) is 7.17. The number of carbonyl (C=O) groups excluding carboxylic acids is 2. The first kappa shape index (κ1) is 17.0. The molecule has 0 aliphatic heterocycles. The molecule has 6 nitrogen and oxygen atoms in total. The van der Waals surface area contributed by atoms with Crippen LogP contribution < -0.4 is 5.11 Å². The molecule has 1 aliphatic carbocycles. The SMILES string of the molecule is COC(=O)C1=C([O-])C[C@@](C)(O)C(C(=O)OC)C1c1ccccc1. The first-order chi connectivity index (χ1) is 10.8. The zero-order chi connectivity index (χ0) is 17.2. The van der Waals surface area contributed by atoms with Crippen molar-refractivity contribution in [2.45, 2.75) is 24.9 Å². The van der Waals surface area contributed by atoms with Crippen molar-refractivity contribution < 1.29 is 29.3 Å². The lowest BCUT2D eigenvalue weighted by molar-refractivity contribution is -0.317. The van der Waals surface area contributed by atoms with Crippen molar-refractivity contribution in [3.8, 4) is 0 Å². The van der Waals surface area contributed by atoms with Crippen LogP contribution in [0.3, 0.4) is 0 Å². The Hall–Kier alpha value is -2.34. The molecule has 1 aromatic rings. The van der Waals surface area contributed by atoms with Crippen LogP contribution in [-0.2, 0) is 19.1 Å². The van der Waals surface area contributed by atoms with Crippen LogP contribution in [0.25, 0.3) is 0 Å². The number of rotatable bonds is 3. The fourth-order valence-corrected chi connectivity index (χ4v) is 3.12. The topological polar surface area (TPSA) is 95.9 Å². The third-order valence-corrected chi connectivity index (χ3v) is 4.15. The molecule has 0 radical (unpaired) electrons. The highest BCUT2D eigenvalue weighted by Gasteiger charge is 2.50. The van der Waals surface area contributed by atoms with Crippen LogP contribution in [-0.4, -0.2) is 36.9 Å². The monoisotopic (exact) mass is 319 g/mol. The van der Waals surface area contributed by atoms with Gasteiger partial charge in [0.2, 0.25) is 0 Å². The van der Waals surface area contributed by atoms with Gasteiger partial charge in [0.25, 0.3) is 0 Å². The number of hydrogen-bond acceptors (Lipinski definition) is 6. The van der Waals surface area contributed by atoms with Crippen LogP contribution in [0.15, 0.2) is 41.7 Å². The van der Waals surface area contributed by atoms with Crippen LogP contribution in [0.1, 0.15) is 24.8 Å². The maximum Gasteiger partial charge on any atom is 0.333 e. The van der Waals surface area contributed by atoms with E-state index in [9.17, 15) is 19.8 Å². The summed E-state index contributed by atoms with van der Waals surface area (Å²) >= 11 is 0. The van der Waals surface area contributed by atoms with Crippen molar-refractivity contribution in [3.05, 3.63) is 47.2 Å². The summed E-state index contributed by atoms with van der Waals surface area (Å²) in [4.78, 5) is 24.4. The lowest BCUT2D eigenvalue weighted by Crippen LogP contribution is -2.50. The van der Waals surface area contributed by atoms with Gasteiger partial charge in [-0.1, -0.05) is 30.3 Å². The number of aliphatic hydroxyl groups is 1. The molecule has 0 amide bonds. The predicted molar refractivity (Wildman–Crippen MR) is 79.0 cm³/mol. The van der Waals surface area contributed by atoms with Crippen molar-refractivity contribution in [1.82, 2.24) is 0 Å². The predicted octanol–water partition coefficient (Wildman–Crippen LogP) is 0.502. The summed E-state index contributed by atoms with van der Waals surface area (Å²) in [7, 11) is 2.37. The summed E-state index contributed by atoms with van der Waals surface area (Å²) in [5, 5.41) is 23.0. The van der Waals surface area contributed by atoms with Crippen molar-refractivity contribution in [3.63, 3.8) is 0 Å². The van der Waals surface area contributed by atoms with Crippen LogP contribution in [0.4, 0.5) is 0 Å². The third-order valence-electron chi connectivity index (χ3n) is 4.15. The van der Waals surface area contributed by atoms with Crippen LogP contribution in [0.2, 0.25) is 0 Å². The van der Waals surface area contributed by atoms with E-state index < -0.39 is 35.1 Å². The van der Waals surface area contributed by atoms with Crippen molar-refractivity contribution in [1.29, 1.82) is 0 Å². The summed E-state index contributed by atoms with van der Waals surface area (Å²) in [5.41, 5.74) is -1.19. The van der Waals surface area contributed by atoms with Gasteiger partial charge in [-0.25, -0.2) is 4.79 Å². The van der Waals surface area contributed by atoms with Gasteiger partial charge in [-0.3, -0.25) is 4.79 Å². The molecular formula is C17H19O6-. The average molecular weight is 319 g/mol. The lowest BCUT2D eigenvalue weighted by Gasteiger charge is -2.44. The molecule has 0 fully saturated rings. The number of ether oxygens (including phenoxy) is 2. The maximum absolute atomic E-state index is 12.4. The normalized spacial score (nSPS) is 27.5. The zero-order valence-electron chi connectivity index (χ0n) is 13.2. The second-order valence-corrected chi connectivity index (χ2v) is 5.75. The van der Waals surface area contributed by atoms with E-state index in [0.717, 1.165) is 0 Å². The molecule has 1 aliphatic rings. The molecule has 1 aromatic carbocycles. The molecule has 0 saturated heterocycles. The fraction of sp³-hybridized carbons (Fsp3) is 0.412. The first-order valence-corrected chi connectivity index (χ1v) is 7.17. The molecule has 0 aromatic heterocycles. The van der Waals surface area contributed by atoms with E-state index in [1.807, 2.05) is 0 Å². The van der Waals surface area contributed by atoms with E-state index in [4.69, 9.17) is 9.47 Å². The fourth-order valence-electron chi connectivity index (χ4n) is 3.12. The van der Waals surface area contributed by atoms with E-state index in [1.165, 1.54) is 21.1 Å². The molecule has 124 valence electrons. The number of carbonyl (C=O) groups is 2. The van der Waals surface area contributed by atoms with Crippen LogP contribution >= 0.6 is 0 Å². The van der Waals surface area contributed by atoms with Gasteiger partial charge in [0.05, 0.1) is 25.7 Å². The van der Waals surface area contributed by atoms with E-state index in [1.54, 1.807) is 30.3 Å². The van der Waals surface area contributed by atoms with E-state index in [2.05, 4.69) is 0 Å². The summed E-state index contributed by atoms with van der Waals surface area (Å²) in [6.07, 6.45) is -0.347. The van der Waals surface area contributed by atoms with Gasteiger partial charge in [0, 0.05) is 11.5 Å². The van der Waals surface area contributed by atoms with Crippen molar-refractivity contribution in [2.24, 2.45) is 5.92 Å². The molecule has 2 unspecified atom stereocenters. The van der Waals surface area contributed by atoms with Crippen molar-refractivity contribution >= 4 is 11.9 Å². The highest BCUT2D eigenvalue weighted by molar-refractivity contribution is 5.93. The van der Waals surface area contributed by atoms with E-state index in [0.29, 0.717) is 5.56 Å². The van der Waals surface area contributed by atoms with Gasteiger partial charge in [-0.05, 0) is 18.9 Å². The molecule has 0 heterocycles. The number of methoxy groups -OCH3 is 2. The summed E-state index contributed by atoms with van der Waals surface area (Å²) < 4.78 is 9.51. The van der Waals surface area contributed by atoms with Gasteiger partial charge in [0.15, 0.2) is 0 Å². The molecule has 3 atom stereocenters. The summed E-state index contributed by atoms with van der Waals surface area (Å²) in [6, 6.07) is 8.62. The highest BCUT2D eigenvalue weighted by atomic mass is 16.5. The van der Waals surface area contributed by atoms with Gasteiger partial charge in [-0.2, -0.15) is 0 Å². The molecule has 0 spiro atoms. The van der Waals surface area contributed by atoms with Gasteiger partial charge >= 0.3 is 11.9 Å². The summed E-state index contributed by atoms with van der Waals surface area (Å²) in [6.45, 7) is 1.40. The molecule has 1 N–H and O–H groups in total. The zero-order valence-corrected chi connectivity index (χ0v) is 13.2. The molecule has 0 saturated carbocycles. The van der Waals surface area contributed by atoms with Gasteiger partial charge < -0.3 is 19.7 Å². The van der Waals surface area contributed by atoms with E-state index >= 15 is 0 Å². The Morgan fingerprint density at radius 3 is 2.35 bits per heavy atom. The average Bonchev–Trinajstić information content (AvgIpc) is 2.52. The van der Waals surface area contributed by atoms with Crippen LogP contribution in [0.5, 0.6) is 0 Å². The number of benzene rings is 1. The van der Waals surface area contributed by atoms with E-state index in [-0.39, 0.29) is 12.0 Å². The number of esters is 2. The summed E-state index contributed by atoms with van der Waals surface area (Å²) in [5.74, 6) is -4.02. The molecule has 6 heteroatoms. The minimum atomic E-state index is -1.62. The maximum atomic E-state index is 12.4. The Morgan fingerprint density at radius 1 is 1.22 bits per heavy atom. The number of hydrogen-bond donors (Lipinski definition) is 1. The van der Waals surface area contributed by atoms with Crippen LogP contribution in [0, 0.1) is 5.92 Å². The quantitative estimate of drug-likeness (QED) is 0.815. The molecule has 0 bridgehead atoms. The molecular weight excluding hydrogens is 300 g/mol. The smallest absolute Gasteiger partial charge is 0.333 e. The Balaban J connectivity index is 2.69. The minimum Gasteiger partial charge on any atom is -0.875 e. The Kier molecular flexibility index (Phi) is 4.75. The standard InChI is InChI=1S/C17H20O6/c1-17(21)9-11(18)13(15(19)22-2)12(14(17)16(20)23-3)10-7-5-4-6-8-10/h4-8,12,14,18,21H,9H2,1-3H3/p-1/t12?,14?,17-/m1/s1. The Bertz CT molecular complexity index is 632. The highest BCUT2D eigenvalue weighted by Crippen LogP contribution is 2.46. The Morgan fingerprint density at radius 2 is 1.83 bits per heavy atom. The second-order valence-electron chi connectivity index (χ2n) is 5.75.